The van der Waals surface area contributed by atoms with Gasteiger partial charge in [-0.05, 0) is 74.4 Å². The molecule has 198 valence electrons. The number of amides is 1. The van der Waals surface area contributed by atoms with E-state index >= 15 is 0 Å². The van der Waals surface area contributed by atoms with Gasteiger partial charge in [-0.2, -0.15) is 0 Å². The monoisotopic (exact) mass is 545 g/mol. The predicted octanol–water partition coefficient (Wildman–Crippen LogP) is 3.47. The van der Waals surface area contributed by atoms with Crippen LogP contribution in [0.1, 0.15) is 27.0 Å². The fraction of sp³-hybridized carbons (Fsp3) is 0.269. The van der Waals surface area contributed by atoms with Crippen LogP contribution in [0.25, 0.3) is 0 Å². The van der Waals surface area contributed by atoms with Crippen molar-refractivity contribution in [2.75, 3.05) is 32.0 Å². The molecule has 0 atom stereocenters. The van der Waals surface area contributed by atoms with Crippen LogP contribution in [0.4, 0.5) is 5.69 Å². The molecule has 2 N–H and O–H groups in total. The summed E-state index contributed by atoms with van der Waals surface area (Å²) < 4.78 is 59.7. The lowest BCUT2D eigenvalue weighted by Gasteiger charge is -2.14. The standard InChI is InChI=1S/C26H31N3O6S2/c1-18-6-13-24(20(3)16-18)28-36(31,32)25-17-21(8-7-19(25)2)26(30)27-14-15-35-22-9-11-23(12-10-22)37(33,34)29(4)5/h6-13,16-17,28H,14-15H2,1-5H3,(H,27,30). The topological polar surface area (TPSA) is 122 Å². The summed E-state index contributed by atoms with van der Waals surface area (Å²) in [5.74, 6) is 0.00661. The quantitative estimate of drug-likeness (QED) is 0.376. The minimum absolute atomic E-state index is 0.0177. The van der Waals surface area contributed by atoms with Crippen LogP contribution in [-0.2, 0) is 20.0 Å². The van der Waals surface area contributed by atoms with E-state index in [2.05, 4.69) is 10.0 Å². The number of rotatable bonds is 10. The number of anilines is 1. The molecule has 3 rings (SSSR count). The van der Waals surface area contributed by atoms with E-state index in [0.717, 1.165) is 15.4 Å². The van der Waals surface area contributed by atoms with Crippen LogP contribution in [0.3, 0.4) is 0 Å². The molecular formula is C26H31N3O6S2. The maximum absolute atomic E-state index is 13.1. The molecule has 0 spiro atoms. The summed E-state index contributed by atoms with van der Waals surface area (Å²) >= 11 is 0. The number of ether oxygens (including phenoxy) is 1. The molecule has 9 nitrogen and oxygen atoms in total. The number of hydrogen-bond acceptors (Lipinski definition) is 6. The van der Waals surface area contributed by atoms with E-state index in [0.29, 0.717) is 17.0 Å². The Bertz CT molecular complexity index is 1500. The van der Waals surface area contributed by atoms with Crippen molar-refractivity contribution in [1.29, 1.82) is 0 Å². The maximum Gasteiger partial charge on any atom is 0.262 e. The minimum Gasteiger partial charge on any atom is -0.492 e. The van der Waals surface area contributed by atoms with Gasteiger partial charge in [0.05, 0.1) is 22.0 Å². The number of benzene rings is 3. The lowest BCUT2D eigenvalue weighted by atomic mass is 10.1. The molecule has 3 aromatic carbocycles. The summed E-state index contributed by atoms with van der Waals surface area (Å²) in [6, 6.07) is 15.9. The number of aryl methyl sites for hydroxylation is 3. The fourth-order valence-electron chi connectivity index (χ4n) is 3.51. The first-order valence-electron chi connectivity index (χ1n) is 11.5. The fourth-order valence-corrected chi connectivity index (χ4v) is 5.82. The van der Waals surface area contributed by atoms with Crippen LogP contribution < -0.4 is 14.8 Å². The molecule has 0 saturated heterocycles. The van der Waals surface area contributed by atoms with Crippen molar-refractivity contribution < 1.29 is 26.4 Å². The van der Waals surface area contributed by atoms with Crippen LogP contribution >= 0.6 is 0 Å². The molecule has 0 aliphatic heterocycles. The van der Waals surface area contributed by atoms with Gasteiger partial charge in [0.1, 0.15) is 12.4 Å². The predicted molar refractivity (Wildman–Crippen MR) is 143 cm³/mol. The van der Waals surface area contributed by atoms with Gasteiger partial charge in [-0.15, -0.1) is 0 Å². The third-order valence-corrected chi connectivity index (χ3v) is 8.96. The van der Waals surface area contributed by atoms with Crippen molar-refractivity contribution in [1.82, 2.24) is 9.62 Å². The molecule has 0 saturated carbocycles. The molecule has 0 bridgehead atoms. The van der Waals surface area contributed by atoms with Crippen LogP contribution in [0.15, 0.2) is 70.5 Å². The lowest BCUT2D eigenvalue weighted by molar-refractivity contribution is 0.0946. The molecule has 0 fully saturated rings. The highest BCUT2D eigenvalue weighted by Gasteiger charge is 2.20. The second-order valence-electron chi connectivity index (χ2n) is 8.77. The van der Waals surface area contributed by atoms with Crippen LogP contribution in [0.5, 0.6) is 5.75 Å². The van der Waals surface area contributed by atoms with Crippen molar-refractivity contribution in [2.24, 2.45) is 0 Å². The normalized spacial score (nSPS) is 11.8. The molecule has 37 heavy (non-hydrogen) atoms. The Kier molecular flexibility index (Phi) is 8.62. The molecule has 0 unspecified atom stereocenters. The van der Waals surface area contributed by atoms with E-state index in [1.165, 1.54) is 44.4 Å². The van der Waals surface area contributed by atoms with E-state index < -0.39 is 26.0 Å². The van der Waals surface area contributed by atoms with Crippen molar-refractivity contribution >= 4 is 31.6 Å². The molecule has 1 amide bonds. The molecule has 0 heterocycles. The molecule has 0 aliphatic carbocycles. The Morgan fingerprint density at radius 3 is 2.16 bits per heavy atom. The summed E-state index contributed by atoms with van der Waals surface area (Å²) in [5.41, 5.74) is 3.00. The zero-order valence-electron chi connectivity index (χ0n) is 21.4. The van der Waals surface area contributed by atoms with E-state index in [1.54, 1.807) is 25.1 Å². The Hall–Kier alpha value is -3.41. The minimum atomic E-state index is -3.92. The van der Waals surface area contributed by atoms with Crippen LogP contribution in [0, 0.1) is 20.8 Å². The van der Waals surface area contributed by atoms with Crippen molar-refractivity contribution in [3.8, 4) is 5.75 Å². The van der Waals surface area contributed by atoms with Gasteiger partial charge in [0.2, 0.25) is 10.0 Å². The lowest BCUT2D eigenvalue weighted by Crippen LogP contribution is -2.28. The third kappa shape index (κ3) is 6.88. The summed E-state index contributed by atoms with van der Waals surface area (Å²) in [6.07, 6.45) is 0. The van der Waals surface area contributed by atoms with E-state index in [4.69, 9.17) is 4.74 Å². The highest BCUT2D eigenvalue weighted by molar-refractivity contribution is 7.92. The molecular weight excluding hydrogens is 514 g/mol. The number of carbonyl (C=O) groups is 1. The number of sulfonamides is 2. The zero-order chi connectivity index (χ0) is 27.4. The van der Waals surface area contributed by atoms with E-state index in [-0.39, 0.29) is 28.5 Å². The Balaban J connectivity index is 1.62. The van der Waals surface area contributed by atoms with Crippen molar-refractivity contribution in [3.63, 3.8) is 0 Å². The third-order valence-electron chi connectivity index (χ3n) is 5.62. The first-order chi connectivity index (χ1) is 17.3. The maximum atomic E-state index is 13.1. The van der Waals surface area contributed by atoms with Crippen molar-refractivity contribution in [3.05, 3.63) is 82.9 Å². The highest BCUT2D eigenvalue weighted by atomic mass is 32.2. The summed E-state index contributed by atoms with van der Waals surface area (Å²) in [6.45, 7) is 5.71. The van der Waals surface area contributed by atoms with Crippen LogP contribution in [-0.4, -0.2) is 54.3 Å². The molecule has 3 aromatic rings. The summed E-state index contributed by atoms with van der Waals surface area (Å²) in [4.78, 5) is 12.8. The van der Waals surface area contributed by atoms with Gasteiger partial charge in [0.15, 0.2) is 0 Å². The first kappa shape index (κ1) is 28.2. The second-order valence-corrected chi connectivity index (χ2v) is 12.6. The van der Waals surface area contributed by atoms with Gasteiger partial charge >= 0.3 is 0 Å². The van der Waals surface area contributed by atoms with Gasteiger partial charge in [0.25, 0.3) is 15.9 Å². The Labute approximate surface area is 218 Å². The highest BCUT2D eigenvalue weighted by Crippen LogP contribution is 2.24. The Morgan fingerprint density at radius 2 is 1.54 bits per heavy atom. The van der Waals surface area contributed by atoms with E-state index in [1.807, 2.05) is 26.0 Å². The molecule has 0 aromatic heterocycles. The van der Waals surface area contributed by atoms with Crippen LogP contribution in [0.2, 0.25) is 0 Å². The van der Waals surface area contributed by atoms with Crippen molar-refractivity contribution in [2.45, 2.75) is 30.6 Å². The molecule has 11 heteroatoms. The van der Waals surface area contributed by atoms with Gasteiger partial charge in [-0.25, -0.2) is 21.1 Å². The number of nitrogens with one attached hydrogen (secondary N) is 2. The van der Waals surface area contributed by atoms with Gasteiger partial charge in [0, 0.05) is 19.7 Å². The first-order valence-corrected chi connectivity index (χ1v) is 14.4. The molecule has 0 aliphatic rings. The van der Waals surface area contributed by atoms with Gasteiger partial charge < -0.3 is 10.1 Å². The average Bonchev–Trinajstić information content (AvgIpc) is 2.83. The van der Waals surface area contributed by atoms with E-state index in [9.17, 15) is 21.6 Å². The Morgan fingerprint density at radius 1 is 0.865 bits per heavy atom. The van der Waals surface area contributed by atoms with Gasteiger partial charge in [-0.3, -0.25) is 9.52 Å². The van der Waals surface area contributed by atoms with Gasteiger partial charge in [-0.1, -0.05) is 23.8 Å². The number of carbonyl (C=O) groups excluding carboxylic acids is 1. The zero-order valence-corrected chi connectivity index (χ0v) is 23.0. The number of nitrogens with zero attached hydrogens (tertiary/aromatic N) is 1. The average molecular weight is 546 g/mol. The second kappa shape index (κ2) is 11.3. The largest absolute Gasteiger partial charge is 0.492 e. The smallest absolute Gasteiger partial charge is 0.262 e. The number of hydrogen-bond donors (Lipinski definition) is 2. The SMILES string of the molecule is Cc1ccc(NS(=O)(=O)c2cc(C(=O)NCCOc3ccc(S(=O)(=O)N(C)C)cc3)ccc2C)c(C)c1. The summed E-state index contributed by atoms with van der Waals surface area (Å²) in [5, 5.41) is 2.70. The molecule has 0 radical (unpaired) electrons. The summed E-state index contributed by atoms with van der Waals surface area (Å²) in [7, 11) is -4.53.